The second-order valence-corrected chi connectivity index (χ2v) is 6.89. The molecular formula is C19H14ClN7O. The lowest BCUT2D eigenvalue weighted by Gasteiger charge is -2.28. The largest absolute Gasteiger partial charge is 0.318 e. The highest BCUT2D eigenvalue weighted by molar-refractivity contribution is 6.30. The molecule has 0 saturated heterocycles. The molecule has 9 heteroatoms. The molecule has 4 aromatic rings. The number of fused-ring (bicyclic) bond motifs is 2. The van der Waals surface area contributed by atoms with Crippen LogP contribution < -0.4 is 10.9 Å². The highest BCUT2D eigenvalue weighted by atomic mass is 35.5. The molecule has 0 spiro atoms. The maximum Gasteiger partial charge on any atom is 0.295 e. The van der Waals surface area contributed by atoms with Gasteiger partial charge in [-0.25, -0.2) is 0 Å². The number of hydrogen-bond donors (Lipinski definition) is 1. The number of tetrazole rings is 1. The van der Waals surface area contributed by atoms with E-state index in [-0.39, 0.29) is 11.6 Å². The van der Waals surface area contributed by atoms with E-state index in [1.54, 1.807) is 16.8 Å². The summed E-state index contributed by atoms with van der Waals surface area (Å²) < 4.78 is 3.03. The third kappa shape index (κ3) is 2.49. The number of hydrogen-bond acceptors (Lipinski definition) is 6. The van der Waals surface area contributed by atoms with Gasteiger partial charge < -0.3 is 5.32 Å². The zero-order chi connectivity index (χ0) is 19.3. The number of aryl methyl sites for hydroxylation is 1. The van der Waals surface area contributed by atoms with E-state index in [2.05, 4.69) is 25.9 Å². The van der Waals surface area contributed by atoms with Crippen LogP contribution >= 0.6 is 11.6 Å². The lowest BCUT2D eigenvalue weighted by Crippen LogP contribution is -2.33. The van der Waals surface area contributed by atoms with Gasteiger partial charge >= 0.3 is 0 Å². The molecule has 1 atom stereocenters. The minimum atomic E-state index is -0.385. The van der Waals surface area contributed by atoms with Gasteiger partial charge in [0.05, 0.1) is 11.4 Å². The minimum absolute atomic E-state index is 0.264. The zero-order valence-electron chi connectivity index (χ0n) is 14.7. The molecule has 1 aliphatic rings. The van der Waals surface area contributed by atoms with Crippen molar-refractivity contribution in [2.75, 3.05) is 5.32 Å². The van der Waals surface area contributed by atoms with Crippen molar-refractivity contribution in [3.63, 3.8) is 0 Å². The van der Waals surface area contributed by atoms with Gasteiger partial charge in [-0.3, -0.25) is 4.79 Å². The van der Waals surface area contributed by atoms with E-state index >= 15 is 0 Å². The molecule has 3 heterocycles. The summed E-state index contributed by atoms with van der Waals surface area (Å²) in [5, 5.41) is 20.2. The number of para-hydroxylation sites is 1. The summed E-state index contributed by atoms with van der Waals surface area (Å²) in [4.78, 5) is 13.3. The van der Waals surface area contributed by atoms with Crippen molar-refractivity contribution in [3.05, 3.63) is 86.8 Å². The molecular weight excluding hydrogens is 378 g/mol. The Hall–Kier alpha value is -3.52. The Kier molecular flexibility index (Phi) is 3.73. The number of nitrogens with zero attached hydrogens (tertiary/aromatic N) is 6. The topological polar surface area (TPSA) is 90.5 Å². The van der Waals surface area contributed by atoms with Gasteiger partial charge in [-0.15, -0.1) is 0 Å². The number of rotatable bonds is 2. The van der Waals surface area contributed by atoms with E-state index in [1.807, 2.05) is 49.4 Å². The van der Waals surface area contributed by atoms with Crippen molar-refractivity contribution < 1.29 is 0 Å². The van der Waals surface area contributed by atoms with Crippen LogP contribution in [-0.2, 0) is 0 Å². The van der Waals surface area contributed by atoms with Gasteiger partial charge in [0.2, 0.25) is 5.95 Å². The highest BCUT2D eigenvalue weighted by Gasteiger charge is 2.33. The van der Waals surface area contributed by atoms with Crippen LogP contribution in [0.1, 0.15) is 22.9 Å². The van der Waals surface area contributed by atoms with Crippen molar-refractivity contribution in [2.24, 2.45) is 0 Å². The Labute approximate surface area is 164 Å². The molecule has 1 N–H and O–H groups in total. The summed E-state index contributed by atoms with van der Waals surface area (Å²) in [7, 11) is 0. The molecule has 8 nitrogen and oxygen atoms in total. The van der Waals surface area contributed by atoms with Crippen LogP contribution in [0.4, 0.5) is 11.6 Å². The Balaban J connectivity index is 1.77. The van der Waals surface area contributed by atoms with Crippen LogP contribution in [0.2, 0.25) is 5.02 Å². The highest BCUT2D eigenvalue weighted by Crippen LogP contribution is 2.38. The van der Waals surface area contributed by atoms with Gasteiger partial charge in [-0.2, -0.15) is 14.5 Å². The number of aromatic nitrogens is 6. The molecule has 2 aromatic heterocycles. The predicted octanol–water partition coefficient (Wildman–Crippen LogP) is 2.88. The summed E-state index contributed by atoms with van der Waals surface area (Å²) in [6.45, 7) is 1.87. The first-order valence-corrected chi connectivity index (χ1v) is 9.01. The molecule has 0 aliphatic carbocycles. The molecule has 28 heavy (non-hydrogen) atoms. The lowest BCUT2D eigenvalue weighted by atomic mass is 9.95. The van der Waals surface area contributed by atoms with Gasteiger partial charge in [0, 0.05) is 10.6 Å². The first-order valence-electron chi connectivity index (χ1n) is 8.63. The molecule has 0 radical (unpaired) electrons. The lowest BCUT2D eigenvalue weighted by molar-refractivity contribution is 0.559. The maximum atomic E-state index is 13.3. The smallest absolute Gasteiger partial charge is 0.295 e. The molecule has 2 aromatic carbocycles. The minimum Gasteiger partial charge on any atom is -0.318 e. The molecule has 1 aliphatic heterocycles. The SMILES string of the molecule is Cc1nn(-c2ccccc2)c(=O)c2c1[C@H](c1ccc(Cl)cc1)n1nnnc1N2. The average molecular weight is 392 g/mol. The monoisotopic (exact) mass is 391 g/mol. The molecule has 0 fully saturated rings. The Bertz CT molecular complexity index is 1230. The fraction of sp³-hybridized carbons (Fsp3) is 0.105. The van der Waals surface area contributed by atoms with Gasteiger partial charge in [0.1, 0.15) is 11.7 Å². The number of anilines is 2. The van der Waals surface area contributed by atoms with Crippen LogP contribution in [-0.4, -0.2) is 30.0 Å². The van der Waals surface area contributed by atoms with Crippen molar-refractivity contribution in [1.29, 1.82) is 0 Å². The summed E-state index contributed by atoms with van der Waals surface area (Å²) in [5.41, 5.74) is 3.18. The summed E-state index contributed by atoms with van der Waals surface area (Å²) in [5.74, 6) is 0.398. The molecule has 0 saturated carbocycles. The third-order valence-electron chi connectivity index (χ3n) is 4.75. The molecule has 0 unspecified atom stereocenters. The number of nitrogens with one attached hydrogen (secondary N) is 1. The Morgan fingerprint density at radius 2 is 1.82 bits per heavy atom. The summed E-state index contributed by atoms with van der Waals surface area (Å²) in [6, 6.07) is 16.3. The maximum absolute atomic E-state index is 13.3. The molecule has 5 rings (SSSR count). The van der Waals surface area contributed by atoms with Crippen molar-refractivity contribution in [1.82, 2.24) is 30.0 Å². The fourth-order valence-electron chi connectivity index (χ4n) is 3.49. The standard InChI is InChI=1S/C19H14ClN7O/c1-11-15-16(18(28)26(23-11)14-5-3-2-4-6-14)21-19-22-24-25-27(19)17(15)12-7-9-13(20)10-8-12/h2-10,17H,1H3,(H,21,22,25)/t17-/m0/s1. The first-order chi connectivity index (χ1) is 13.6. The molecule has 138 valence electrons. The van der Waals surface area contributed by atoms with Crippen LogP contribution in [0.3, 0.4) is 0 Å². The van der Waals surface area contributed by atoms with Crippen LogP contribution in [0, 0.1) is 6.92 Å². The van der Waals surface area contributed by atoms with E-state index in [0.717, 1.165) is 11.1 Å². The Morgan fingerprint density at radius 3 is 2.57 bits per heavy atom. The predicted molar refractivity (Wildman–Crippen MR) is 104 cm³/mol. The van der Waals surface area contributed by atoms with Crippen LogP contribution in [0.15, 0.2) is 59.4 Å². The summed E-state index contributed by atoms with van der Waals surface area (Å²) in [6.07, 6.45) is 0. The van der Waals surface area contributed by atoms with E-state index in [9.17, 15) is 4.79 Å². The normalized spacial score (nSPS) is 14.9. The van der Waals surface area contributed by atoms with Crippen molar-refractivity contribution >= 4 is 23.2 Å². The van der Waals surface area contributed by atoms with Gasteiger partial charge in [0.15, 0.2) is 0 Å². The van der Waals surface area contributed by atoms with Crippen molar-refractivity contribution in [3.8, 4) is 5.69 Å². The fourth-order valence-corrected chi connectivity index (χ4v) is 3.61. The van der Waals surface area contributed by atoms with Crippen molar-refractivity contribution in [2.45, 2.75) is 13.0 Å². The van der Waals surface area contributed by atoms with E-state index in [1.165, 1.54) is 4.68 Å². The molecule has 0 bridgehead atoms. The van der Waals surface area contributed by atoms with E-state index in [0.29, 0.717) is 28.0 Å². The first kappa shape index (κ1) is 16.6. The average Bonchev–Trinajstić information content (AvgIpc) is 3.19. The summed E-state index contributed by atoms with van der Waals surface area (Å²) >= 11 is 6.05. The van der Waals surface area contributed by atoms with E-state index < -0.39 is 0 Å². The number of halogens is 1. The van der Waals surface area contributed by atoms with Gasteiger partial charge in [-0.05, 0) is 47.2 Å². The quantitative estimate of drug-likeness (QED) is 0.497. The number of benzene rings is 2. The van der Waals surface area contributed by atoms with Gasteiger partial charge in [-0.1, -0.05) is 47.0 Å². The van der Waals surface area contributed by atoms with Gasteiger partial charge in [0.25, 0.3) is 5.56 Å². The second kappa shape index (κ2) is 6.28. The van der Waals surface area contributed by atoms with Crippen LogP contribution in [0.5, 0.6) is 0 Å². The van der Waals surface area contributed by atoms with Crippen LogP contribution in [0.25, 0.3) is 5.69 Å². The second-order valence-electron chi connectivity index (χ2n) is 6.45. The Morgan fingerprint density at radius 1 is 1.07 bits per heavy atom. The zero-order valence-corrected chi connectivity index (χ0v) is 15.5. The molecule has 0 amide bonds. The van der Waals surface area contributed by atoms with E-state index in [4.69, 9.17) is 11.6 Å². The third-order valence-corrected chi connectivity index (χ3v) is 5.00.